The number of carbonyl (C=O) groups excluding carboxylic acids is 1. The van der Waals surface area contributed by atoms with Crippen molar-refractivity contribution in [3.8, 4) is 0 Å². The third-order valence-electron chi connectivity index (χ3n) is 6.92. The van der Waals surface area contributed by atoms with Crippen molar-refractivity contribution in [2.45, 2.75) is 32.4 Å². The smallest absolute Gasteiger partial charge is 0.381 e. The molecule has 3 heterocycles. The fourth-order valence-corrected chi connectivity index (χ4v) is 4.55. The molecule has 2 aliphatic rings. The van der Waals surface area contributed by atoms with E-state index in [-0.39, 0.29) is 30.1 Å². The maximum atomic E-state index is 13.6. The van der Waals surface area contributed by atoms with Gasteiger partial charge < -0.3 is 30.5 Å². The van der Waals surface area contributed by atoms with Crippen molar-refractivity contribution in [1.82, 2.24) is 20.2 Å². The Kier molecular flexibility index (Phi) is 9.26. The van der Waals surface area contributed by atoms with Crippen molar-refractivity contribution in [1.29, 1.82) is 0 Å². The Morgan fingerprint density at radius 3 is 2.66 bits per heavy atom. The van der Waals surface area contributed by atoms with Crippen LogP contribution in [-0.2, 0) is 22.1 Å². The third kappa shape index (κ3) is 7.25. The van der Waals surface area contributed by atoms with Crippen LogP contribution in [0.15, 0.2) is 24.4 Å². The van der Waals surface area contributed by atoms with Gasteiger partial charge in [0.2, 0.25) is 11.9 Å². The number of aryl methyl sites for hydroxylation is 1. The summed E-state index contributed by atoms with van der Waals surface area (Å²) in [6.07, 6.45) is -1.93. The predicted molar refractivity (Wildman–Crippen MR) is 141 cm³/mol. The van der Waals surface area contributed by atoms with Gasteiger partial charge in [0.15, 0.2) is 0 Å². The molecule has 4 rings (SSSR count). The van der Waals surface area contributed by atoms with Crippen molar-refractivity contribution in [2.75, 3.05) is 75.1 Å². The molecule has 2 fully saturated rings. The number of carbonyl (C=O) groups is 1. The van der Waals surface area contributed by atoms with Crippen LogP contribution in [0, 0.1) is 5.92 Å². The number of nitrogens with zero attached hydrogens (tertiary/aromatic N) is 4. The first-order valence-corrected chi connectivity index (χ1v) is 13.1. The standard InChI is InChI=1S/C26H36F3N7O2/c1-3-18-15-20(36-12-10-35(2)11-13-36)5-6-22(18)33-25-32-16-21(26(27,28)29)23(34-25)30-8-4-9-31-24(37)19-7-14-38-17-19/h5-6,15-16,19H,3-4,7-14,17H2,1-2H3,(H,31,37)(H2,30,32,33,34). The lowest BCUT2D eigenvalue weighted by Gasteiger charge is -2.34. The minimum Gasteiger partial charge on any atom is -0.381 e. The van der Waals surface area contributed by atoms with E-state index >= 15 is 0 Å². The Bertz CT molecular complexity index is 1080. The number of amides is 1. The van der Waals surface area contributed by atoms with Gasteiger partial charge in [0.05, 0.1) is 12.5 Å². The van der Waals surface area contributed by atoms with E-state index in [4.69, 9.17) is 4.74 Å². The third-order valence-corrected chi connectivity index (χ3v) is 6.92. The van der Waals surface area contributed by atoms with Gasteiger partial charge in [-0.1, -0.05) is 6.92 Å². The number of nitrogens with one attached hydrogen (secondary N) is 3. The number of alkyl halides is 3. The van der Waals surface area contributed by atoms with Crippen LogP contribution in [0.2, 0.25) is 0 Å². The highest BCUT2D eigenvalue weighted by molar-refractivity contribution is 5.78. The number of anilines is 4. The summed E-state index contributed by atoms with van der Waals surface area (Å²) in [6.45, 7) is 7.47. The zero-order valence-corrected chi connectivity index (χ0v) is 21.9. The molecule has 1 amide bonds. The Morgan fingerprint density at radius 1 is 1.18 bits per heavy atom. The van der Waals surface area contributed by atoms with Crippen LogP contribution in [0.4, 0.5) is 36.3 Å². The molecule has 38 heavy (non-hydrogen) atoms. The highest BCUT2D eigenvalue weighted by atomic mass is 19.4. The zero-order chi connectivity index (χ0) is 27.1. The van der Waals surface area contributed by atoms with E-state index in [0.717, 1.165) is 55.7 Å². The number of benzene rings is 1. The molecule has 0 bridgehead atoms. The van der Waals surface area contributed by atoms with Crippen molar-refractivity contribution in [2.24, 2.45) is 5.92 Å². The minimum atomic E-state index is -4.60. The highest BCUT2D eigenvalue weighted by Gasteiger charge is 2.35. The van der Waals surface area contributed by atoms with Gasteiger partial charge in [-0.3, -0.25) is 4.79 Å². The van der Waals surface area contributed by atoms with Gasteiger partial charge in [-0.05, 0) is 50.1 Å². The molecule has 12 heteroatoms. The van der Waals surface area contributed by atoms with Gasteiger partial charge in [0.25, 0.3) is 0 Å². The number of piperazine rings is 1. The van der Waals surface area contributed by atoms with Gasteiger partial charge in [-0.15, -0.1) is 0 Å². The average Bonchev–Trinajstić information content (AvgIpc) is 3.44. The molecule has 1 aromatic carbocycles. The maximum Gasteiger partial charge on any atom is 0.421 e. The topological polar surface area (TPSA) is 94.7 Å². The van der Waals surface area contributed by atoms with E-state index < -0.39 is 11.7 Å². The lowest BCUT2D eigenvalue weighted by molar-refractivity contribution is -0.137. The van der Waals surface area contributed by atoms with Gasteiger partial charge in [0.1, 0.15) is 11.4 Å². The molecule has 0 radical (unpaired) electrons. The number of hydrogen-bond donors (Lipinski definition) is 3. The second-order valence-corrected chi connectivity index (χ2v) is 9.70. The normalized spacial score (nSPS) is 18.4. The highest BCUT2D eigenvalue weighted by Crippen LogP contribution is 2.34. The van der Waals surface area contributed by atoms with Crippen LogP contribution in [-0.4, -0.2) is 80.3 Å². The van der Waals surface area contributed by atoms with Gasteiger partial charge in [-0.2, -0.15) is 18.2 Å². The van der Waals surface area contributed by atoms with Crippen LogP contribution in [0.1, 0.15) is 30.9 Å². The zero-order valence-electron chi connectivity index (χ0n) is 21.9. The summed E-state index contributed by atoms with van der Waals surface area (Å²) in [5.74, 6) is -0.453. The van der Waals surface area contributed by atoms with Crippen molar-refractivity contribution >= 4 is 29.0 Å². The van der Waals surface area contributed by atoms with Gasteiger partial charge in [0, 0.05) is 63.4 Å². The van der Waals surface area contributed by atoms with Crippen molar-refractivity contribution < 1.29 is 22.7 Å². The number of hydrogen-bond acceptors (Lipinski definition) is 8. The second-order valence-electron chi connectivity index (χ2n) is 9.70. The predicted octanol–water partition coefficient (Wildman–Crippen LogP) is 3.51. The Hall–Kier alpha value is -3.12. The quantitative estimate of drug-likeness (QED) is 0.398. The Labute approximate surface area is 221 Å². The van der Waals surface area contributed by atoms with E-state index in [0.29, 0.717) is 32.6 Å². The largest absolute Gasteiger partial charge is 0.421 e. The summed E-state index contributed by atoms with van der Waals surface area (Å²) in [5, 5.41) is 8.69. The molecule has 0 saturated carbocycles. The lowest BCUT2D eigenvalue weighted by atomic mass is 10.1. The number of aromatic nitrogens is 2. The molecular formula is C26H36F3N7O2. The summed E-state index contributed by atoms with van der Waals surface area (Å²) in [6, 6.07) is 6.06. The first-order valence-electron chi connectivity index (χ1n) is 13.1. The molecule has 208 valence electrons. The molecule has 3 N–H and O–H groups in total. The molecule has 1 aromatic heterocycles. The number of ether oxygens (including phenoxy) is 1. The van der Waals surface area contributed by atoms with E-state index in [9.17, 15) is 18.0 Å². The average molecular weight is 536 g/mol. The van der Waals surface area contributed by atoms with E-state index in [2.05, 4.69) is 48.8 Å². The summed E-state index contributed by atoms with van der Waals surface area (Å²) in [4.78, 5) is 24.8. The molecule has 9 nitrogen and oxygen atoms in total. The van der Waals surface area contributed by atoms with Crippen LogP contribution < -0.4 is 20.9 Å². The first kappa shape index (κ1) is 27.9. The molecule has 0 spiro atoms. The number of likely N-dealkylation sites (N-methyl/N-ethyl adjacent to an activating group) is 1. The van der Waals surface area contributed by atoms with Gasteiger partial charge in [-0.25, -0.2) is 4.98 Å². The molecule has 0 aliphatic carbocycles. The molecular weight excluding hydrogens is 499 g/mol. The molecule has 2 saturated heterocycles. The minimum absolute atomic E-state index is 0.0806. The first-order chi connectivity index (χ1) is 18.2. The molecule has 1 atom stereocenters. The van der Waals surface area contributed by atoms with Crippen LogP contribution >= 0.6 is 0 Å². The summed E-state index contributed by atoms with van der Waals surface area (Å²) < 4.78 is 46.0. The maximum absolute atomic E-state index is 13.6. The number of rotatable bonds is 10. The fraction of sp³-hybridized carbons (Fsp3) is 0.577. The van der Waals surface area contributed by atoms with Crippen LogP contribution in [0.5, 0.6) is 0 Å². The molecule has 2 aromatic rings. The second kappa shape index (κ2) is 12.6. The van der Waals surface area contributed by atoms with Gasteiger partial charge >= 0.3 is 6.18 Å². The fourth-order valence-electron chi connectivity index (χ4n) is 4.55. The monoisotopic (exact) mass is 535 g/mol. The van der Waals surface area contributed by atoms with E-state index in [1.165, 1.54) is 0 Å². The summed E-state index contributed by atoms with van der Waals surface area (Å²) in [7, 11) is 2.11. The molecule has 1 unspecified atom stereocenters. The summed E-state index contributed by atoms with van der Waals surface area (Å²) >= 11 is 0. The molecule has 2 aliphatic heterocycles. The van der Waals surface area contributed by atoms with E-state index in [1.54, 1.807) is 0 Å². The Balaban J connectivity index is 1.40. The van der Waals surface area contributed by atoms with E-state index in [1.807, 2.05) is 19.1 Å². The number of halogens is 3. The Morgan fingerprint density at radius 2 is 1.97 bits per heavy atom. The van der Waals surface area contributed by atoms with Crippen molar-refractivity contribution in [3.63, 3.8) is 0 Å². The van der Waals surface area contributed by atoms with Crippen LogP contribution in [0.25, 0.3) is 0 Å². The summed E-state index contributed by atoms with van der Waals surface area (Å²) in [5.41, 5.74) is 1.98. The lowest BCUT2D eigenvalue weighted by Crippen LogP contribution is -2.44. The van der Waals surface area contributed by atoms with Crippen LogP contribution in [0.3, 0.4) is 0 Å². The SMILES string of the molecule is CCc1cc(N2CCN(C)CC2)ccc1Nc1ncc(C(F)(F)F)c(NCCCNC(=O)C2CCOC2)n1. The van der Waals surface area contributed by atoms with Crippen molar-refractivity contribution in [3.05, 3.63) is 35.5 Å².